The smallest absolute Gasteiger partial charge is 0.243 e. The fourth-order valence-electron chi connectivity index (χ4n) is 2.16. The van der Waals surface area contributed by atoms with E-state index < -0.39 is 5.82 Å². The highest BCUT2D eigenvalue weighted by Gasteiger charge is 2.14. The van der Waals surface area contributed by atoms with Crippen LogP contribution in [0.4, 0.5) is 10.1 Å². The van der Waals surface area contributed by atoms with Crippen LogP contribution in [0.25, 0.3) is 0 Å². The minimum atomic E-state index is -0.435. The predicted molar refractivity (Wildman–Crippen MR) is 89.4 cm³/mol. The van der Waals surface area contributed by atoms with E-state index in [1.165, 1.54) is 23.1 Å². The number of nitrogens with one attached hydrogen (secondary N) is 1. The molecule has 0 saturated carbocycles. The summed E-state index contributed by atoms with van der Waals surface area (Å²) in [5.74, 6) is -0.346. The van der Waals surface area contributed by atoms with E-state index in [9.17, 15) is 14.0 Å². The summed E-state index contributed by atoms with van der Waals surface area (Å²) < 4.78 is 18.2. The molecular formula is C18H19FN2O3. The number of ether oxygens (including phenoxy) is 1. The molecule has 0 bridgehead atoms. The number of likely N-dealkylation sites (N-methyl/N-ethyl adjacent to an activating group) is 1. The Kier molecular flexibility index (Phi) is 5.89. The highest BCUT2D eigenvalue weighted by Crippen LogP contribution is 2.13. The van der Waals surface area contributed by atoms with Crippen molar-refractivity contribution in [2.45, 2.75) is 6.42 Å². The zero-order chi connectivity index (χ0) is 17.5. The van der Waals surface area contributed by atoms with Crippen LogP contribution in [-0.4, -0.2) is 37.4 Å². The molecule has 2 amide bonds. The van der Waals surface area contributed by atoms with Crippen molar-refractivity contribution >= 4 is 17.5 Å². The number of amides is 2. The maximum Gasteiger partial charge on any atom is 0.243 e. The molecule has 0 aromatic heterocycles. The van der Waals surface area contributed by atoms with Gasteiger partial charge in [0.1, 0.15) is 11.6 Å². The van der Waals surface area contributed by atoms with Crippen molar-refractivity contribution in [1.29, 1.82) is 0 Å². The normalized spacial score (nSPS) is 10.1. The average molecular weight is 330 g/mol. The van der Waals surface area contributed by atoms with Crippen molar-refractivity contribution in [1.82, 2.24) is 4.90 Å². The topological polar surface area (TPSA) is 58.6 Å². The number of methoxy groups -OCH3 is 1. The minimum Gasteiger partial charge on any atom is -0.497 e. The third kappa shape index (κ3) is 5.08. The molecule has 6 heteroatoms. The summed E-state index contributed by atoms with van der Waals surface area (Å²) in [6, 6.07) is 12.8. The standard InChI is InChI=1S/C18H19FN2O3/c1-21(12-17(22)20-15-7-4-6-14(19)11-15)18(23)10-13-5-3-8-16(9-13)24-2/h3-9,11H,10,12H2,1-2H3,(H,20,22). The summed E-state index contributed by atoms with van der Waals surface area (Å²) in [4.78, 5) is 25.5. The number of anilines is 1. The van der Waals surface area contributed by atoms with E-state index in [1.807, 2.05) is 6.07 Å². The molecule has 0 atom stereocenters. The number of carbonyl (C=O) groups excluding carboxylic acids is 2. The van der Waals surface area contributed by atoms with E-state index >= 15 is 0 Å². The molecule has 0 spiro atoms. The van der Waals surface area contributed by atoms with Crippen LogP contribution in [0, 0.1) is 5.82 Å². The van der Waals surface area contributed by atoms with Gasteiger partial charge in [0.05, 0.1) is 20.1 Å². The minimum absolute atomic E-state index is 0.112. The van der Waals surface area contributed by atoms with E-state index in [1.54, 1.807) is 38.4 Å². The zero-order valence-electron chi connectivity index (χ0n) is 13.6. The summed E-state index contributed by atoms with van der Waals surface area (Å²) in [6.45, 7) is -0.112. The van der Waals surface area contributed by atoms with Crippen molar-refractivity contribution in [2.75, 3.05) is 26.0 Å². The highest BCUT2D eigenvalue weighted by molar-refractivity contribution is 5.94. The van der Waals surface area contributed by atoms with Crippen LogP contribution in [0.15, 0.2) is 48.5 Å². The van der Waals surface area contributed by atoms with Gasteiger partial charge >= 0.3 is 0 Å². The molecular weight excluding hydrogens is 311 g/mol. The second-order valence-corrected chi connectivity index (χ2v) is 5.34. The Morgan fingerprint density at radius 1 is 1.17 bits per heavy atom. The lowest BCUT2D eigenvalue weighted by atomic mass is 10.1. The van der Waals surface area contributed by atoms with Crippen molar-refractivity contribution in [3.8, 4) is 5.75 Å². The molecule has 0 heterocycles. The molecule has 0 aliphatic carbocycles. The van der Waals surface area contributed by atoms with Gasteiger partial charge in [-0.05, 0) is 35.9 Å². The van der Waals surface area contributed by atoms with E-state index in [-0.39, 0.29) is 24.8 Å². The van der Waals surface area contributed by atoms with Gasteiger partial charge in [-0.3, -0.25) is 9.59 Å². The number of benzene rings is 2. The first-order chi connectivity index (χ1) is 11.5. The largest absolute Gasteiger partial charge is 0.497 e. The molecule has 0 saturated heterocycles. The number of rotatable bonds is 6. The van der Waals surface area contributed by atoms with Gasteiger partial charge in [-0.2, -0.15) is 0 Å². The van der Waals surface area contributed by atoms with E-state index in [0.29, 0.717) is 11.4 Å². The Balaban J connectivity index is 1.89. The van der Waals surface area contributed by atoms with E-state index in [2.05, 4.69) is 5.32 Å². The lowest BCUT2D eigenvalue weighted by molar-refractivity contribution is -0.132. The molecule has 0 fully saturated rings. The molecule has 0 radical (unpaired) electrons. The maximum atomic E-state index is 13.1. The van der Waals surface area contributed by atoms with Crippen LogP contribution in [0.3, 0.4) is 0 Å². The van der Waals surface area contributed by atoms with Gasteiger partial charge in [-0.15, -0.1) is 0 Å². The second-order valence-electron chi connectivity index (χ2n) is 5.34. The predicted octanol–water partition coefficient (Wildman–Crippen LogP) is 2.47. The van der Waals surface area contributed by atoms with Gasteiger partial charge in [0.15, 0.2) is 0 Å². The molecule has 2 aromatic rings. The molecule has 0 aliphatic heterocycles. The van der Waals surface area contributed by atoms with Crippen LogP contribution >= 0.6 is 0 Å². The third-order valence-corrected chi connectivity index (χ3v) is 3.40. The fourth-order valence-corrected chi connectivity index (χ4v) is 2.16. The summed E-state index contributed by atoms with van der Waals surface area (Å²) in [7, 11) is 3.11. The van der Waals surface area contributed by atoms with Crippen molar-refractivity contribution in [3.63, 3.8) is 0 Å². The molecule has 2 aromatic carbocycles. The number of hydrogen-bond acceptors (Lipinski definition) is 3. The molecule has 0 aliphatic rings. The van der Waals surface area contributed by atoms with E-state index in [4.69, 9.17) is 4.74 Å². The van der Waals surface area contributed by atoms with Crippen LogP contribution in [0.5, 0.6) is 5.75 Å². The first-order valence-electron chi connectivity index (χ1n) is 7.40. The summed E-state index contributed by atoms with van der Waals surface area (Å²) in [5, 5.41) is 2.56. The van der Waals surface area contributed by atoms with Crippen LogP contribution in [0.1, 0.15) is 5.56 Å². The molecule has 2 rings (SSSR count). The Morgan fingerprint density at radius 2 is 1.92 bits per heavy atom. The molecule has 24 heavy (non-hydrogen) atoms. The SMILES string of the molecule is COc1cccc(CC(=O)N(C)CC(=O)Nc2cccc(F)c2)c1. The fraction of sp³-hybridized carbons (Fsp3) is 0.222. The van der Waals surface area contributed by atoms with Crippen molar-refractivity contribution < 1.29 is 18.7 Å². The number of nitrogens with zero attached hydrogens (tertiary/aromatic N) is 1. The van der Waals surface area contributed by atoms with E-state index in [0.717, 1.165) is 5.56 Å². The lowest BCUT2D eigenvalue weighted by Crippen LogP contribution is -2.35. The second kappa shape index (κ2) is 8.10. The lowest BCUT2D eigenvalue weighted by Gasteiger charge is -2.17. The maximum absolute atomic E-state index is 13.1. The quantitative estimate of drug-likeness (QED) is 0.885. The number of hydrogen-bond donors (Lipinski definition) is 1. The van der Waals surface area contributed by atoms with Gasteiger partial charge in [-0.1, -0.05) is 18.2 Å². The molecule has 0 unspecified atom stereocenters. The monoisotopic (exact) mass is 330 g/mol. The first kappa shape index (κ1) is 17.5. The zero-order valence-corrected chi connectivity index (χ0v) is 13.6. The van der Waals surface area contributed by atoms with Gasteiger partial charge < -0.3 is 15.0 Å². The summed E-state index contributed by atoms with van der Waals surface area (Å²) >= 11 is 0. The van der Waals surface area contributed by atoms with Gasteiger partial charge in [0.25, 0.3) is 0 Å². The summed E-state index contributed by atoms with van der Waals surface area (Å²) in [5.41, 5.74) is 1.16. The first-order valence-corrected chi connectivity index (χ1v) is 7.40. The van der Waals surface area contributed by atoms with Crippen LogP contribution in [0.2, 0.25) is 0 Å². The Labute approximate surface area is 140 Å². The highest BCUT2D eigenvalue weighted by atomic mass is 19.1. The van der Waals surface area contributed by atoms with Gasteiger partial charge in [-0.25, -0.2) is 4.39 Å². The van der Waals surface area contributed by atoms with Crippen LogP contribution < -0.4 is 10.1 Å². The van der Waals surface area contributed by atoms with Gasteiger partial charge in [0.2, 0.25) is 11.8 Å². The molecule has 5 nitrogen and oxygen atoms in total. The number of carbonyl (C=O) groups is 2. The molecule has 126 valence electrons. The third-order valence-electron chi connectivity index (χ3n) is 3.40. The average Bonchev–Trinajstić information content (AvgIpc) is 2.54. The molecule has 1 N–H and O–H groups in total. The Bertz CT molecular complexity index is 734. The van der Waals surface area contributed by atoms with Crippen LogP contribution in [-0.2, 0) is 16.0 Å². The summed E-state index contributed by atoms with van der Waals surface area (Å²) in [6.07, 6.45) is 0.168. The Hall–Kier alpha value is -2.89. The van der Waals surface area contributed by atoms with Crippen molar-refractivity contribution in [3.05, 3.63) is 59.9 Å². The number of halogens is 1. The van der Waals surface area contributed by atoms with Crippen molar-refractivity contribution in [2.24, 2.45) is 0 Å². The van der Waals surface area contributed by atoms with Gasteiger partial charge in [0, 0.05) is 12.7 Å². The Morgan fingerprint density at radius 3 is 2.62 bits per heavy atom.